The first-order chi connectivity index (χ1) is 10.1. The lowest BCUT2D eigenvalue weighted by molar-refractivity contribution is 0.468. The Morgan fingerprint density at radius 1 is 1.19 bits per heavy atom. The van der Waals surface area contributed by atoms with Crippen molar-refractivity contribution in [2.75, 3.05) is 0 Å². The van der Waals surface area contributed by atoms with E-state index in [1.54, 1.807) is 18.2 Å². The van der Waals surface area contributed by atoms with Gasteiger partial charge in [-0.15, -0.1) is 0 Å². The van der Waals surface area contributed by atoms with Gasteiger partial charge in [0.15, 0.2) is 0 Å². The molecular weight excluding hydrogens is 267 g/mol. The number of phenols is 1. The van der Waals surface area contributed by atoms with Crippen molar-refractivity contribution in [2.24, 2.45) is 0 Å². The molecule has 108 valence electrons. The highest BCUT2D eigenvalue weighted by atomic mass is 19.1. The van der Waals surface area contributed by atoms with Crippen LogP contribution < -0.4 is 0 Å². The summed E-state index contributed by atoms with van der Waals surface area (Å²) in [7, 11) is 0. The minimum atomic E-state index is -0.287. The maximum absolute atomic E-state index is 13.4. The Labute approximate surface area is 122 Å². The number of aromatic hydroxyl groups is 1. The van der Waals surface area contributed by atoms with Gasteiger partial charge in [0.05, 0.1) is 11.0 Å². The molecule has 1 aromatic heterocycles. The third-order valence-corrected chi connectivity index (χ3v) is 3.58. The second kappa shape index (κ2) is 5.20. The molecular formula is C17H17FN2O. The Kier molecular flexibility index (Phi) is 3.37. The number of fused-ring (bicyclic) bond motifs is 1. The van der Waals surface area contributed by atoms with Gasteiger partial charge < -0.3 is 9.67 Å². The maximum atomic E-state index is 13.4. The SMILES string of the molecule is CC(C)n1c(Cc2ccccc2O)nc2cc(F)ccc21. The lowest BCUT2D eigenvalue weighted by Gasteiger charge is -2.13. The molecule has 0 aliphatic rings. The second-order valence-corrected chi connectivity index (χ2v) is 5.43. The van der Waals surface area contributed by atoms with Crippen LogP contribution in [0.15, 0.2) is 42.5 Å². The summed E-state index contributed by atoms with van der Waals surface area (Å²) in [5, 5.41) is 9.92. The van der Waals surface area contributed by atoms with Crippen molar-refractivity contribution < 1.29 is 9.50 Å². The quantitative estimate of drug-likeness (QED) is 0.788. The van der Waals surface area contributed by atoms with E-state index in [0.717, 1.165) is 16.9 Å². The highest BCUT2D eigenvalue weighted by molar-refractivity contribution is 5.76. The van der Waals surface area contributed by atoms with Gasteiger partial charge in [-0.1, -0.05) is 18.2 Å². The summed E-state index contributed by atoms with van der Waals surface area (Å²) < 4.78 is 15.5. The zero-order valence-electron chi connectivity index (χ0n) is 12.0. The first-order valence-corrected chi connectivity index (χ1v) is 6.99. The molecule has 3 aromatic rings. The van der Waals surface area contributed by atoms with Gasteiger partial charge in [-0.3, -0.25) is 0 Å². The van der Waals surface area contributed by atoms with Crippen LogP contribution in [0.4, 0.5) is 4.39 Å². The summed E-state index contributed by atoms with van der Waals surface area (Å²) in [4.78, 5) is 4.54. The van der Waals surface area contributed by atoms with E-state index in [2.05, 4.69) is 23.4 Å². The molecule has 0 bridgehead atoms. The predicted molar refractivity (Wildman–Crippen MR) is 81.0 cm³/mol. The van der Waals surface area contributed by atoms with Crippen LogP contribution in [0.3, 0.4) is 0 Å². The molecule has 21 heavy (non-hydrogen) atoms. The van der Waals surface area contributed by atoms with Crippen molar-refractivity contribution in [1.82, 2.24) is 9.55 Å². The molecule has 4 heteroatoms. The summed E-state index contributed by atoms with van der Waals surface area (Å²) in [5.74, 6) is 0.795. The Morgan fingerprint density at radius 2 is 1.95 bits per heavy atom. The summed E-state index contributed by atoms with van der Waals surface area (Å²) in [5.41, 5.74) is 2.38. The van der Waals surface area contributed by atoms with E-state index in [4.69, 9.17) is 0 Å². The second-order valence-electron chi connectivity index (χ2n) is 5.43. The topological polar surface area (TPSA) is 38.0 Å². The smallest absolute Gasteiger partial charge is 0.125 e. The summed E-state index contributed by atoms with van der Waals surface area (Å²) >= 11 is 0. The van der Waals surface area contributed by atoms with Crippen LogP contribution in [0.2, 0.25) is 0 Å². The van der Waals surface area contributed by atoms with Gasteiger partial charge in [-0.2, -0.15) is 0 Å². The van der Waals surface area contributed by atoms with E-state index in [-0.39, 0.29) is 17.6 Å². The molecule has 0 saturated heterocycles. The fraction of sp³-hybridized carbons (Fsp3) is 0.235. The number of phenolic OH excluding ortho intramolecular Hbond substituents is 1. The number of halogens is 1. The average Bonchev–Trinajstić information content (AvgIpc) is 2.78. The van der Waals surface area contributed by atoms with Crippen molar-refractivity contribution in [3.05, 3.63) is 59.7 Å². The van der Waals surface area contributed by atoms with Crippen molar-refractivity contribution in [3.63, 3.8) is 0 Å². The number of imidazole rings is 1. The number of aromatic nitrogens is 2. The Morgan fingerprint density at radius 3 is 2.67 bits per heavy atom. The normalized spacial score (nSPS) is 11.4. The summed E-state index contributed by atoms with van der Waals surface area (Å²) in [6, 6.07) is 12.1. The van der Waals surface area contributed by atoms with Crippen LogP contribution in [0.5, 0.6) is 5.75 Å². The first kappa shape index (κ1) is 13.6. The highest BCUT2D eigenvalue weighted by Gasteiger charge is 2.15. The molecule has 0 aliphatic heterocycles. The predicted octanol–water partition coefficient (Wildman–Crippen LogP) is 4.05. The summed E-state index contributed by atoms with van der Waals surface area (Å²) in [6.45, 7) is 4.14. The molecule has 0 unspecified atom stereocenters. The molecule has 0 fully saturated rings. The minimum Gasteiger partial charge on any atom is -0.508 e. The first-order valence-electron chi connectivity index (χ1n) is 6.99. The maximum Gasteiger partial charge on any atom is 0.125 e. The molecule has 0 atom stereocenters. The zero-order valence-corrected chi connectivity index (χ0v) is 12.0. The standard InChI is InChI=1S/C17H17FN2O/c1-11(2)20-15-8-7-13(18)10-14(15)19-17(20)9-12-5-3-4-6-16(12)21/h3-8,10-11,21H,9H2,1-2H3. The van der Waals surface area contributed by atoms with Gasteiger partial charge in [0.2, 0.25) is 0 Å². The van der Waals surface area contributed by atoms with Crippen molar-refractivity contribution >= 4 is 11.0 Å². The number of hydrogen-bond acceptors (Lipinski definition) is 2. The van der Waals surface area contributed by atoms with Crippen LogP contribution >= 0.6 is 0 Å². The third-order valence-electron chi connectivity index (χ3n) is 3.58. The number of nitrogens with zero attached hydrogens (tertiary/aromatic N) is 2. The van der Waals surface area contributed by atoms with Gasteiger partial charge in [0.1, 0.15) is 17.4 Å². The Bertz CT molecular complexity index is 793. The molecule has 3 rings (SSSR count). The number of rotatable bonds is 3. The average molecular weight is 284 g/mol. The molecule has 0 radical (unpaired) electrons. The van der Waals surface area contributed by atoms with Gasteiger partial charge >= 0.3 is 0 Å². The number of para-hydroxylation sites is 1. The Balaban J connectivity index is 2.13. The van der Waals surface area contributed by atoms with E-state index < -0.39 is 0 Å². The minimum absolute atomic E-state index is 0.210. The van der Waals surface area contributed by atoms with Crippen molar-refractivity contribution in [1.29, 1.82) is 0 Å². The van der Waals surface area contributed by atoms with E-state index in [1.165, 1.54) is 12.1 Å². The molecule has 0 spiro atoms. The highest BCUT2D eigenvalue weighted by Crippen LogP contribution is 2.26. The van der Waals surface area contributed by atoms with Gasteiger partial charge in [0.25, 0.3) is 0 Å². The van der Waals surface area contributed by atoms with Crippen LogP contribution in [0.1, 0.15) is 31.3 Å². The molecule has 0 amide bonds. The van der Waals surface area contributed by atoms with E-state index in [0.29, 0.717) is 11.9 Å². The molecule has 2 aromatic carbocycles. The summed E-state index contributed by atoms with van der Waals surface area (Å²) in [6.07, 6.45) is 0.515. The zero-order chi connectivity index (χ0) is 15.0. The molecule has 3 nitrogen and oxygen atoms in total. The van der Waals surface area contributed by atoms with E-state index in [1.807, 2.05) is 12.1 Å². The lowest BCUT2D eigenvalue weighted by Crippen LogP contribution is -2.07. The number of benzene rings is 2. The van der Waals surface area contributed by atoms with E-state index >= 15 is 0 Å². The van der Waals surface area contributed by atoms with Gasteiger partial charge in [-0.25, -0.2) is 9.37 Å². The van der Waals surface area contributed by atoms with Crippen LogP contribution in [0.25, 0.3) is 11.0 Å². The van der Waals surface area contributed by atoms with Crippen LogP contribution in [0, 0.1) is 5.82 Å². The molecule has 0 aliphatic carbocycles. The molecule has 1 N–H and O–H groups in total. The largest absolute Gasteiger partial charge is 0.508 e. The fourth-order valence-corrected chi connectivity index (χ4v) is 2.65. The number of hydrogen-bond donors (Lipinski definition) is 1. The van der Waals surface area contributed by atoms with Crippen LogP contribution in [-0.2, 0) is 6.42 Å². The van der Waals surface area contributed by atoms with Crippen molar-refractivity contribution in [3.8, 4) is 5.75 Å². The molecule has 1 heterocycles. The molecule has 0 saturated carbocycles. The lowest BCUT2D eigenvalue weighted by atomic mass is 10.1. The Hall–Kier alpha value is -2.36. The van der Waals surface area contributed by atoms with Crippen molar-refractivity contribution in [2.45, 2.75) is 26.3 Å². The van der Waals surface area contributed by atoms with Crippen LogP contribution in [-0.4, -0.2) is 14.7 Å². The third kappa shape index (κ3) is 2.49. The van der Waals surface area contributed by atoms with E-state index in [9.17, 15) is 9.50 Å². The van der Waals surface area contributed by atoms with Gasteiger partial charge in [0, 0.05) is 24.1 Å². The monoisotopic (exact) mass is 284 g/mol. The van der Waals surface area contributed by atoms with Gasteiger partial charge in [-0.05, 0) is 32.0 Å². The fourth-order valence-electron chi connectivity index (χ4n) is 2.65.